The number of carboxylic acid groups (broad SMARTS) is 1. The van der Waals surface area contributed by atoms with E-state index in [0.29, 0.717) is 0 Å². The molecule has 0 spiro atoms. The molecule has 0 unspecified atom stereocenters. The number of anilines is 1. The second-order valence-electron chi connectivity index (χ2n) is 4.86. The van der Waals surface area contributed by atoms with E-state index in [0.717, 1.165) is 16.7 Å². The summed E-state index contributed by atoms with van der Waals surface area (Å²) in [4.78, 5) is 20.0. The van der Waals surface area contributed by atoms with Crippen molar-refractivity contribution in [1.82, 2.24) is 9.97 Å². The van der Waals surface area contributed by atoms with Crippen molar-refractivity contribution in [2.24, 2.45) is 5.92 Å². The Kier molecular flexibility index (Phi) is 5.06. The number of hydrogen-bond acceptors (Lipinski definition) is 5. The maximum atomic E-state index is 13.2. The first-order valence-electron chi connectivity index (χ1n) is 6.37. The van der Waals surface area contributed by atoms with Gasteiger partial charge in [-0.2, -0.15) is 13.2 Å². The van der Waals surface area contributed by atoms with Gasteiger partial charge in [0.15, 0.2) is 5.16 Å². The summed E-state index contributed by atoms with van der Waals surface area (Å²) in [7, 11) is 0. The molecule has 1 aromatic heterocycles. The summed E-state index contributed by atoms with van der Waals surface area (Å²) >= 11 is 6.97. The number of carboxylic acids is 1. The van der Waals surface area contributed by atoms with Crippen LogP contribution in [-0.2, 0) is 4.79 Å². The van der Waals surface area contributed by atoms with Crippen LogP contribution < -0.4 is 4.90 Å². The highest BCUT2D eigenvalue weighted by molar-refractivity contribution is 7.98. The molecule has 0 aromatic carbocycles. The highest BCUT2D eigenvalue weighted by Gasteiger charge is 2.48. The Hall–Kier alpha value is -1.22. The number of hydrogen-bond donors (Lipinski definition) is 1. The van der Waals surface area contributed by atoms with Gasteiger partial charge >= 0.3 is 12.1 Å². The lowest BCUT2D eigenvalue weighted by Gasteiger charge is -2.40. The van der Waals surface area contributed by atoms with Crippen LogP contribution in [0.3, 0.4) is 0 Å². The van der Waals surface area contributed by atoms with E-state index in [9.17, 15) is 18.0 Å². The van der Waals surface area contributed by atoms with Gasteiger partial charge in [-0.1, -0.05) is 23.4 Å². The number of alkyl halides is 3. The number of rotatable bonds is 3. The van der Waals surface area contributed by atoms with E-state index >= 15 is 0 Å². The summed E-state index contributed by atoms with van der Waals surface area (Å²) in [5, 5.41) is 9.33. The molecule has 1 aliphatic rings. The van der Waals surface area contributed by atoms with Crippen LogP contribution in [0, 0.1) is 5.92 Å². The van der Waals surface area contributed by atoms with Crippen molar-refractivity contribution >= 4 is 35.1 Å². The monoisotopic (exact) mass is 355 g/mol. The van der Waals surface area contributed by atoms with Gasteiger partial charge in [0.2, 0.25) is 0 Å². The predicted octanol–water partition coefficient (Wildman–Crippen LogP) is 3.08. The summed E-state index contributed by atoms with van der Waals surface area (Å²) < 4.78 is 39.7. The Morgan fingerprint density at radius 3 is 2.68 bits per heavy atom. The number of piperidine rings is 1. The zero-order chi connectivity index (χ0) is 16.5. The lowest BCUT2D eigenvalue weighted by atomic mass is 9.92. The van der Waals surface area contributed by atoms with E-state index in [-0.39, 0.29) is 35.5 Å². The summed E-state index contributed by atoms with van der Waals surface area (Å²) in [6, 6.07) is -0.548. The van der Waals surface area contributed by atoms with Gasteiger partial charge in [-0.25, -0.2) is 9.97 Å². The van der Waals surface area contributed by atoms with Gasteiger partial charge in [-0.3, -0.25) is 4.79 Å². The average Bonchev–Trinajstić information content (AvgIpc) is 2.44. The van der Waals surface area contributed by atoms with Gasteiger partial charge in [0.25, 0.3) is 0 Å². The smallest absolute Gasteiger partial charge is 0.408 e. The molecule has 0 radical (unpaired) electrons. The molecule has 0 amide bonds. The van der Waals surface area contributed by atoms with E-state index in [1.165, 1.54) is 6.07 Å². The molecule has 5 nitrogen and oxygen atoms in total. The number of carbonyl (C=O) groups is 1. The fourth-order valence-electron chi connectivity index (χ4n) is 2.39. The third-order valence-electron chi connectivity index (χ3n) is 3.45. The Balaban J connectivity index is 2.40. The molecular weight excluding hydrogens is 343 g/mol. The maximum Gasteiger partial charge on any atom is 0.408 e. The molecule has 0 saturated carbocycles. The first kappa shape index (κ1) is 17.1. The molecular formula is C12H13ClF3N3O2S. The second-order valence-corrected chi connectivity index (χ2v) is 6.02. The van der Waals surface area contributed by atoms with Crippen molar-refractivity contribution in [3.8, 4) is 0 Å². The topological polar surface area (TPSA) is 66.3 Å². The van der Waals surface area contributed by atoms with Gasteiger partial charge in [-0.05, 0) is 19.1 Å². The largest absolute Gasteiger partial charge is 0.481 e. The van der Waals surface area contributed by atoms with Crippen molar-refractivity contribution in [2.45, 2.75) is 30.2 Å². The number of halogens is 4. The zero-order valence-corrected chi connectivity index (χ0v) is 13.0. The van der Waals surface area contributed by atoms with Crippen LogP contribution in [0.15, 0.2) is 11.2 Å². The van der Waals surface area contributed by atoms with Gasteiger partial charge in [0.05, 0.1) is 5.92 Å². The summed E-state index contributed by atoms with van der Waals surface area (Å²) in [6.45, 7) is -0.263. The zero-order valence-electron chi connectivity index (χ0n) is 11.5. The van der Waals surface area contributed by atoms with Crippen molar-refractivity contribution in [3.05, 3.63) is 11.2 Å². The van der Waals surface area contributed by atoms with Gasteiger partial charge in [-0.15, -0.1) is 0 Å². The lowest BCUT2D eigenvalue weighted by molar-refractivity contribution is -0.159. The Morgan fingerprint density at radius 2 is 2.14 bits per heavy atom. The van der Waals surface area contributed by atoms with Gasteiger partial charge in [0, 0.05) is 12.6 Å². The van der Waals surface area contributed by atoms with Crippen LogP contribution in [0.25, 0.3) is 0 Å². The van der Waals surface area contributed by atoms with E-state index in [1.807, 2.05) is 0 Å². The van der Waals surface area contributed by atoms with Crippen molar-refractivity contribution in [3.63, 3.8) is 0 Å². The lowest BCUT2D eigenvalue weighted by Crippen LogP contribution is -2.53. The molecule has 2 atom stereocenters. The fraction of sp³-hybridized carbons (Fsp3) is 0.583. The molecule has 2 rings (SSSR count). The Morgan fingerprint density at radius 1 is 1.45 bits per heavy atom. The maximum absolute atomic E-state index is 13.2. The first-order chi connectivity index (χ1) is 10.2. The summed E-state index contributed by atoms with van der Waals surface area (Å²) in [5.41, 5.74) is 0. The number of thioether (sulfide) groups is 1. The average molecular weight is 356 g/mol. The summed E-state index contributed by atoms with van der Waals surface area (Å²) in [6.07, 6.45) is -3.12. The molecule has 122 valence electrons. The van der Waals surface area contributed by atoms with E-state index in [4.69, 9.17) is 16.7 Å². The third-order valence-corrected chi connectivity index (χ3v) is 4.19. The minimum atomic E-state index is -4.47. The molecule has 0 bridgehead atoms. The van der Waals surface area contributed by atoms with E-state index < -0.39 is 24.1 Å². The van der Waals surface area contributed by atoms with Crippen LogP contribution in [0.4, 0.5) is 19.0 Å². The van der Waals surface area contributed by atoms with E-state index in [2.05, 4.69) is 9.97 Å². The minimum Gasteiger partial charge on any atom is -0.481 e. The van der Waals surface area contributed by atoms with Crippen LogP contribution in [0.5, 0.6) is 0 Å². The van der Waals surface area contributed by atoms with Crippen LogP contribution in [0.2, 0.25) is 5.15 Å². The standard InChI is InChI=1S/C12H13ClF3N3O2S/c1-22-11-17-8(13)4-9(18-11)19-5-6(10(20)21)2-3-7(19)12(14,15)16/h4,6-7H,2-3,5H2,1H3,(H,20,21)/t6-,7-/m0/s1. The second kappa shape index (κ2) is 6.49. The molecule has 2 heterocycles. The van der Waals surface area contributed by atoms with Gasteiger partial charge < -0.3 is 10.0 Å². The highest BCUT2D eigenvalue weighted by atomic mass is 35.5. The number of nitrogens with zero attached hydrogens (tertiary/aromatic N) is 3. The normalized spacial score (nSPS) is 22.7. The van der Waals surface area contributed by atoms with Crippen molar-refractivity contribution in [2.75, 3.05) is 17.7 Å². The SMILES string of the molecule is CSc1nc(Cl)cc(N2C[C@@H](C(=O)O)CC[C@H]2C(F)(F)F)n1. The van der Waals surface area contributed by atoms with Crippen LogP contribution >= 0.6 is 23.4 Å². The van der Waals surface area contributed by atoms with Gasteiger partial charge in [0.1, 0.15) is 17.0 Å². The molecule has 0 aliphatic carbocycles. The Labute approximate surface area is 133 Å². The molecule has 1 fully saturated rings. The predicted molar refractivity (Wildman–Crippen MR) is 76.4 cm³/mol. The molecule has 1 N–H and O–H groups in total. The summed E-state index contributed by atoms with van der Waals surface area (Å²) in [5.74, 6) is -1.99. The number of aliphatic carboxylic acids is 1. The third kappa shape index (κ3) is 3.75. The Bertz CT molecular complexity index is 573. The molecule has 1 saturated heterocycles. The van der Waals surface area contributed by atoms with Crippen molar-refractivity contribution in [1.29, 1.82) is 0 Å². The molecule has 22 heavy (non-hydrogen) atoms. The molecule has 1 aliphatic heterocycles. The van der Waals surface area contributed by atoms with Crippen LogP contribution in [-0.4, -0.2) is 46.1 Å². The molecule has 10 heteroatoms. The fourth-order valence-corrected chi connectivity index (χ4v) is 2.99. The van der Waals surface area contributed by atoms with Crippen LogP contribution in [0.1, 0.15) is 12.8 Å². The van der Waals surface area contributed by atoms with Crippen molar-refractivity contribution < 1.29 is 23.1 Å². The highest BCUT2D eigenvalue weighted by Crippen LogP contribution is 2.37. The van der Waals surface area contributed by atoms with E-state index in [1.54, 1.807) is 6.26 Å². The minimum absolute atomic E-state index is 0.00220. The number of aromatic nitrogens is 2. The first-order valence-corrected chi connectivity index (χ1v) is 7.97. The quantitative estimate of drug-likeness (QED) is 0.510. The molecule has 1 aromatic rings.